The molecule has 2 aromatic carbocycles. The first-order valence-electron chi connectivity index (χ1n) is 8.80. The molecule has 0 radical (unpaired) electrons. The molecule has 0 saturated carbocycles. The monoisotopic (exact) mass is 490 g/mol. The fraction of sp³-hybridized carbons (Fsp3) is 0.100. The van der Waals surface area contributed by atoms with Gasteiger partial charge in [0.1, 0.15) is 5.69 Å². The molecule has 1 aromatic heterocycles. The van der Waals surface area contributed by atoms with Crippen LogP contribution in [0.1, 0.15) is 32.0 Å². The molecule has 3 aromatic rings. The second-order valence-corrected chi connectivity index (χ2v) is 9.16. The van der Waals surface area contributed by atoms with Crippen LogP contribution in [-0.2, 0) is 10.0 Å². The number of carbonyl (C=O) groups excluding carboxylic acids is 2. The summed E-state index contributed by atoms with van der Waals surface area (Å²) in [6.45, 7) is 3.54. The van der Waals surface area contributed by atoms with Crippen LogP contribution < -0.4 is 15.6 Å². The molecule has 30 heavy (non-hydrogen) atoms. The van der Waals surface area contributed by atoms with Crippen LogP contribution in [0, 0.1) is 13.8 Å². The van der Waals surface area contributed by atoms with Crippen molar-refractivity contribution in [1.82, 2.24) is 15.8 Å². The average molecular weight is 491 g/mol. The number of rotatable bonds is 5. The molecule has 1 heterocycles. The van der Waals surface area contributed by atoms with Crippen molar-refractivity contribution in [2.45, 2.75) is 18.7 Å². The normalized spacial score (nSPS) is 11.0. The maximum absolute atomic E-state index is 12.7. The van der Waals surface area contributed by atoms with Gasteiger partial charge in [-0.1, -0.05) is 12.1 Å². The molecule has 0 unspecified atom stereocenters. The maximum Gasteiger partial charge on any atom is 0.286 e. The molecule has 3 rings (SSSR count). The van der Waals surface area contributed by atoms with Crippen molar-refractivity contribution in [1.29, 1.82) is 0 Å². The fourth-order valence-corrected chi connectivity index (χ4v) is 4.38. The van der Waals surface area contributed by atoms with E-state index in [4.69, 9.17) is 0 Å². The molecule has 8 nitrogen and oxygen atoms in total. The van der Waals surface area contributed by atoms with Crippen molar-refractivity contribution in [3.63, 3.8) is 0 Å². The van der Waals surface area contributed by atoms with Gasteiger partial charge >= 0.3 is 0 Å². The molecule has 0 aliphatic carbocycles. The topological polar surface area (TPSA) is 120 Å². The van der Waals surface area contributed by atoms with Crippen molar-refractivity contribution in [3.8, 4) is 0 Å². The van der Waals surface area contributed by atoms with E-state index >= 15 is 0 Å². The Bertz CT molecular complexity index is 1200. The van der Waals surface area contributed by atoms with Crippen LogP contribution in [0.25, 0.3) is 0 Å². The summed E-state index contributed by atoms with van der Waals surface area (Å²) in [6, 6.07) is 12.6. The van der Waals surface area contributed by atoms with E-state index in [9.17, 15) is 18.0 Å². The third kappa shape index (κ3) is 5.08. The number of anilines is 1. The second-order valence-electron chi connectivity index (χ2n) is 6.59. The van der Waals surface area contributed by atoms with Crippen LogP contribution >= 0.6 is 15.9 Å². The molecule has 4 N–H and O–H groups in total. The summed E-state index contributed by atoms with van der Waals surface area (Å²) in [5.41, 5.74) is 6.90. The van der Waals surface area contributed by atoms with Crippen LogP contribution in [0.2, 0.25) is 0 Å². The highest BCUT2D eigenvalue weighted by atomic mass is 79.9. The number of H-pyrrole nitrogens is 1. The van der Waals surface area contributed by atoms with Gasteiger partial charge in [-0.05, 0) is 77.3 Å². The highest BCUT2D eigenvalue weighted by Crippen LogP contribution is 2.21. The maximum atomic E-state index is 12.7. The summed E-state index contributed by atoms with van der Waals surface area (Å²) in [5, 5.41) is 0. The number of carbonyl (C=O) groups is 2. The predicted molar refractivity (Wildman–Crippen MR) is 117 cm³/mol. The second kappa shape index (κ2) is 8.72. The molecule has 0 fully saturated rings. The Hall–Kier alpha value is -3.11. The lowest BCUT2D eigenvalue weighted by Crippen LogP contribution is -2.41. The van der Waals surface area contributed by atoms with Gasteiger partial charge in [0.2, 0.25) is 0 Å². The van der Waals surface area contributed by atoms with E-state index in [0.29, 0.717) is 15.7 Å². The summed E-state index contributed by atoms with van der Waals surface area (Å²) in [6.07, 6.45) is 1.59. The van der Waals surface area contributed by atoms with Crippen LogP contribution in [0.5, 0.6) is 0 Å². The number of sulfonamides is 1. The van der Waals surface area contributed by atoms with Gasteiger partial charge in [0.15, 0.2) is 0 Å². The van der Waals surface area contributed by atoms with Crippen molar-refractivity contribution < 1.29 is 18.0 Å². The van der Waals surface area contributed by atoms with E-state index < -0.39 is 21.8 Å². The van der Waals surface area contributed by atoms with Crippen molar-refractivity contribution in [2.75, 3.05) is 4.72 Å². The zero-order chi connectivity index (χ0) is 21.9. The van der Waals surface area contributed by atoms with E-state index in [1.165, 1.54) is 24.3 Å². The van der Waals surface area contributed by atoms with Crippen molar-refractivity contribution in [3.05, 3.63) is 81.6 Å². The molecule has 0 saturated heterocycles. The van der Waals surface area contributed by atoms with Gasteiger partial charge in [-0.3, -0.25) is 25.2 Å². The van der Waals surface area contributed by atoms with E-state index in [1.807, 2.05) is 13.0 Å². The number of hydrogen-bond acceptors (Lipinski definition) is 4. The lowest BCUT2D eigenvalue weighted by Gasteiger charge is -2.12. The first-order chi connectivity index (χ1) is 14.2. The minimum absolute atomic E-state index is 0.197. The lowest BCUT2D eigenvalue weighted by molar-refractivity contribution is 0.0844. The molecule has 0 spiro atoms. The molecule has 2 amide bonds. The highest BCUT2D eigenvalue weighted by molar-refractivity contribution is 9.10. The number of nitrogens with one attached hydrogen (secondary N) is 4. The van der Waals surface area contributed by atoms with Gasteiger partial charge in [0.25, 0.3) is 21.8 Å². The van der Waals surface area contributed by atoms with Crippen molar-refractivity contribution >= 4 is 43.5 Å². The van der Waals surface area contributed by atoms with Crippen LogP contribution in [-0.4, -0.2) is 25.2 Å². The quantitative estimate of drug-likeness (QED) is 0.410. The number of hydrazine groups is 1. The molecule has 156 valence electrons. The Morgan fingerprint density at radius 3 is 2.23 bits per heavy atom. The Labute approximate surface area is 182 Å². The van der Waals surface area contributed by atoms with Gasteiger partial charge in [0, 0.05) is 21.9 Å². The van der Waals surface area contributed by atoms with E-state index in [1.54, 1.807) is 31.3 Å². The Morgan fingerprint density at radius 1 is 0.933 bits per heavy atom. The van der Waals surface area contributed by atoms with Gasteiger partial charge in [-0.25, -0.2) is 8.42 Å². The Kier molecular flexibility index (Phi) is 6.28. The molecule has 0 aliphatic rings. The van der Waals surface area contributed by atoms with Gasteiger partial charge in [-0.2, -0.15) is 0 Å². The lowest BCUT2D eigenvalue weighted by atomic mass is 10.2. The zero-order valence-corrected chi connectivity index (χ0v) is 18.5. The molecular weight excluding hydrogens is 472 g/mol. The summed E-state index contributed by atoms with van der Waals surface area (Å²) >= 11 is 3.22. The smallest absolute Gasteiger partial charge is 0.286 e. The number of amides is 2. The summed E-state index contributed by atoms with van der Waals surface area (Å²) in [4.78, 5) is 27.1. The zero-order valence-electron chi connectivity index (χ0n) is 16.1. The largest absolute Gasteiger partial charge is 0.356 e. The number of aryl methyl sites for hydroxylation is 2. The van der Waals surface area contributed by atoms with Crippen LogP contribution in [0.4, 0.5) is 5.69 Å². The number of benzene rings is 2. The molecule has 0 bridgehead atoms. The van der Waals surface area contributed by atoms with E-state index in [2.05, 4.69) is 36.5 Å². The third-order valence-corrected chi connectivity index (χ3v) is 6.20. The van der Waals surface area contributed by atoms with E-state index in [-0.39, 0.29) is 16.2 Å². The van der Waals surface area contributed by atoms with Crippen LogP contribution in [0.3, 0.4) is 0 Å². The minimum atomic E-state index is -3.76. The van der Waals surface area contributed by atoms with Crippen LogP contribution in [0.15, 0.2) is 64.1 Å². The number of aromatic nitrogens is 1. The summed E-state index contributed by atoms with van der Waals surface area (Å²) < 4.78 is 28.5. The minimum Gasteiger partial charge on any atom is -0.356 e. The SMILES string of the molecule is Cc1ccc(C)c(S(=O)(=O)Nc2ccc(C(=O)NNC(=O)c3cc(Br)c[nH]3)cc2)c1. The van der Waals surface area contributed by atoms with Gasteiger partial charge < -0.3 is 4.98 Å². The Morgan fingerprint density at radius 2 is 1.60 bits per heavy atom. The third-order valence-electron chi connectivity index (χ3n) is 4.21. The number of hydrogen-bond donors (Lipinski definition) is 4. The van der Waals surface area contributed by atoms with E-state index in [0.717, 1.165) is 5.56 Å². The molecule has 0 aliphatic heterocycles. The molecule has 10 heteroatoms. The molecule has 0 atom stereocenters. The summed E-state index contributed by atoms with van der Waals surface area (Å²) in [5.74, 6) is -1.05. The average Bonchev–Trinajstić information content (AvgIpc) is 3.14. The predicted octanol–water partition coefficient (Wildman–Crippen LogP) is 3.27. The number of aromatic amines is 1. The standard InChI is InChI=1S/C20H19BrN4O4S/c1-12-3-4-13(2)18(9-12)30(28,29)25-16-7-5-14(6-8-16)19(26)23-24-20(27)17-10-15(21)11-22-17/h3-11,22,25H,1-2H3,(H,23,26)(H,24,27). The summed E-state index contributed by atoms with van der Waals surface area (Å²) in [7, 11) is -3.76. The first kappa shape index (κ1) is 21.6. The molecular formula is C20H19BrN4O4S. The Balaban J connectivity index is 1.65. The van der Waals surface area contributed by atoms with Gasteiger partial charge in [-0.15, -0.1) is 0 Å². The van der Waals surface area contributed by atoms with Gasteiger partial charge in [0.05, 0.1) is 4.90 Å². The fourth-order valence-electron chi connectivity index (χ4n) is 2.65. The highest BCUT2D eigenvalue weighted by Gasteiger charge is 2.17. The first-order valence-corrected chi connectivity index (χ1v) is 11.1. The van der Waals surface area contributed by atoms with Crippen molar-refractivity contribution in [2.24, 2.45) is 0 Å². The number of halogens is 1.